The molecule has 0 aliphatic rings. The van der Waals surface area contributed by atoms with Crippen LogP contribution in [0.5, 0.6) is 5.75 Å². The van der Waals surface area contributed by atoms with Crippen molar-refractivity contribution in [3.8, 4) is 5.75 Å². The van der Waals surface area contributed by atoms with E-state index in [1.807, 2.05) is 0 Å². The number of methoxy groups -OCH3 is 2. The number of amides is 1. The molecule has 0 aliphatic carbocycles. The molecule has 0 fully saturated rings. The van der Waals surface area contributed by atoms with Gasteiger partial charge in [0, 0.05) is 20.3 Å². The smallest absolute Gasteiger partial charge is 0.355 e. The first-order chi connectivity index (χ1) is 11.7. The van der Waals surface area contributed by atoms with E-state index >= 15 is 0 Å². The molecule has 1 aromatic heterocycles. The Bertz CT molecular complexity index is 914. The summed E-state index contributed by atoms with van der Waals surface area (Å²) in [6, 6.07) is 6.67. The van der Waals surface area contributed by atoms with Gasteiger partial charge in [0.25, 0.3) is 15.9 Å². The van der Waals surface area contributed by atoms with E-state index < -0.39 is 21.9 Å². The molecule has 0 N–H and O–H groups in total. The highest BCUT2D eigenvalue weighted by molar-refractivity contribution is 7.90. The van der Waals surface area contributed by atoms with Crippen LogP contribution in [0.3, 0.4) is 0 Å². The van der Waals surface area contributed by atoms with Gasteiger partial charge < -0.3 is 14.4 Å². The second-order valence-electron chi connectivity index (χ2n) is 5.25. The van der Waals surface area contributed by atoms with Gasteiger partial charge in [0.2, 0.25) is 0 Å². The van der Waals surface area contributed by atoms with Crippen LogP contribution in [0.25, 0.3) is 0 Å². The molecular formula is C16H18N2O6S. The fraction of sp³-hybridized carbons (Fsp3) is 0.250. The third-order valence-corrected chi connectivity index (χ3v) is 5.16. The standard InChI is InChI=1S/C16H18N2O6S/c1-17(2)15(19)12-10-11(7-8-14(12)23-3)25(21,22)18-9-5-6-13(18)16(20)24-4/h5-10H,1-4H3. The third kappa shape index (κ3) is 3.36. The summed E-state index contributed by atoms with van der Waals surface area (Å²) in [5.74, 6) is -0.945. The third-order valence-electron chi connectivity index (χ3n) is 3.47. The van der Waals surface area contributed by atoms with Crippen molar-refractivity contribution in [1.29, 1.82) is 0 Å². The van der Waals surface area contributed by atoms with Gasteiger partial charge in [-0.3, -0.25) is 4.79 Å². The summed E-state index contributed by atoms with van der Waals surface area (Å²) in [6.45, 7) is 0. The molecule has 1 heterocycles. The van der Waals surface area contributed by atoms with Crippen molar-refractivity contribution in [2.24, 2.45) is 0 Å². The van der Waals surface area contributed by atoms with Crippen molar-refractivity contribution < 1.29 is 27.5 Å². The van der Waals surface area contributed by atoms with Crippen molar-refractivity contribution in [2.75, 3.05) is 28.3 Å². The van der Waals surface area contributed by atoms with Gasteiger partial charge in [0.1, 0.15) is 11.4 Å². The lowest BCUT2D eigenvalue weighted by molar-refractivity contribution is 0.0592. The molecule has 0 unspecified atom stereocenters. The summed E-state index contributed by atoms with van der Waals surface area (Å²) < 4.78 is 36.3. The van der Waals surface area contributed by atoms with Gasteiger partial charge in [-0.2, -0.15) is 0 Å². The van der Waals surface area contributed by atoms with Gasteiger partial charge in [-0.1, -0.05) is 0 Å². The van der Waals surface area contributed by atoms with Crippen LogP contribution in [0.15, 0.2) is 41.4 Å². The minimum atomic E-state index is -4.10. The number of carbonyl (C=O) groups excluding carboxylic acids is 2. The fourth-order valence-corrected chi connectivity index (χ4v) is 3.57. The number of carbonyl (C=O) groups is 2. The first-order valence-corrected chi connectivity index (χ1v) is 8.59. The van der Waals surface area contributed by atoms with Crippen LogP contribution in [0.1, 0.15) is 20.8 Å². The summed E-state index contributed by atoms with van der Waals surface area (Å²) in [6.07, 6.45) is 1.24. The minimum absolute atomic E-state index is 0.0975. The highest BCUT2D eigenvalue weighted by atomic mass is 32.2. The fourth-order valence-electron chi connectivity index (χ4n) is 2.21. The maximum atomic E-state index is 12.9. The zero-order valence-corrected chi connectivity index (χ0v) is 15.0. The zero-order valence-electron chi connectivity index (χ0n) is 14.2. The first kappa shape index (κ1) is 18.5. The molecule has 1 amide bonds. The predicted octanol–water partition coefficient (Wildman–Crippen LogP) is 1.22. The topological polar surface area (TPSA) is 94.9 Å². The highest BCUT2D eigenvalue weighted by Gasteiger charge is 2.25. The zero-order chi connectivity index (χ0) is 18.8. The molecule has 2 aromatic rings. The van der Waals surface area contributed by atoms with Crippen molar-refractivity contribution in [3.05, 3.63) is 47.8 Å². The van der Waals surface area contributed by atoms with Crippen molar-refractivity contribution >= 4 is 21.9 Å². The maximum Gasteiger partial charge on any atom is 0.355 e. The molecule has 9 heteroatoms. The molecule has 134 valence electrons. The minimum Gasteiger partial charge on any atom is -0.496 e. The molecule has 0 bridgehead atoms. The number of ether oxygens (including phenoxy) is 2. The molecule has 0 atom stereocenters. The SMILES string of the molecule is COC(=O)c1cccn1S(=O)(=O)c1ccc(OC)c(C(=O)N(C)C)c1. The number of benzene rings is 1. The Morgan fingerprint density at radius 1 is 1.12 bits per heavy atom. The lowest BCUT2D eigenvalue weighted by atomic mass is 10.2. The van der Waals surface area contributed by atoms with E-state index in [1.54, 1.807) is 14.1 Å². The molecule has 0 saturated heterocycles. The summed E-state index contributed by atoms with van der Waals surface area (Å²) in [5.41, 5.74) is -0.0425. The largest absolute Gasteiger partial charge is 0.496 e. The van der Waals surface area contributed by atoms with Crippen molar-refractivity contribution in [1.82, 2.24) is 8.87 Å². The van der Waals surface area contributed by atoms with Crippen LogP contribution in [0.4, 0.5) is 0 Å². The van der Waals surface area contributed by atoms with Crippen LogP contribution in [-0.2, 0) is 14.8 Å². The van der Waals surface area contributed by atoms with Gasteiger partial charge in [0.05, 0.1) is 24.7 Å². The average molecular weight is 366 g/mol. The van der Waals surface area contributed by atoms with Gasteiger partial charge >= 0.3 is 5.97 Å². The summed E-state index contributed by atoms with van der Waals surface area (Å²) in [4.78, 5) is 25.2. The molecular weight excluding hydrogens is 348 g/mol. The number of esters is 1. The maximum absolute atomic E-state index is 12.9. The van der Waals surface area contributed by atoms with E-state index in [2.05, 4.69) is 4.74 Å². The van der Waals surface area contributed by atoms with Gasteiger partial charge in [-0.15, -0.1) is 0 Å². The van der Waals surface area contributed by atoms with E-state index in [0.29, 0.717) is 0 Å². The molecule has 1 aromatic carbocycles. The summed E-state index contributed by atoms with van der Waals surface area (Å²) in [5, 5.41) is 0. The van der Waals surface area contributed by atoms with Gasteiger partial charge in [0.15, 0.2) is 0 Å². The van der Waals surface area contributed by atoms with E-state index in [0.717, 1.165) is 11.1 Å². The number of nitrogens with zero attached hydrogens (tertiary/aromatic N) is 2. The van der Waals surface area contributed by atoms with Gasteiger partial charge in [-0.25, -0.2) is 17.2 Å². The van der Waals surface area contributed by atoms with E-state index in [9.17, 15) is 18.0 Å². The molecule has 2 rings (SSSR count). The predicted molar refractivity (Wildman–Crippen MR) is 89.4 cm³/mol. The van der Waals surface area contributed by atoms with E-state index in [1.165, 1.54) is 48.5 Å². The summed E-state index contributed by atoms with van der Waals surface area (Å²) >= 11 is 0. The molecule has 8 nitrogen and oxygen atoms in total. The van der Waals surface area contributed by atoms with E-state index in [4.69, 9.17) is 4.74 Å². The van der Waals surface area contributed by atoms with Gasteiger partial charge in [-0.05, 0) is 30.3 Å². The van der Waals surface area contributed by atoms with Crippen molar-refractivity contribution in [2.45, 2.75) is 4.90 Å². The second kappa shape index (κ2) is 6.98. The van der Waals surface area contributed by atoms with Crippen LogP contribution >= 0.6 is 0 Å². The monoisotopic (exact) mass is 366 g/mol. The lowest BCUT2D eigenvalue weighted by Crippen LogP contribution is -2.23. The normalized spacial score (nSPS) is 11.0. The summed E-state index contributed by atoms with van der Waals surface area (Å²) in [7, 11) is 1.54. The van der Waals surface area contributed by atoms with Crippen LogP contribution in [0, 0.1) is 0 Å². The Hall–Kier alpha value is -2.81. The number of hydrogen-bond donors (Lipinski definition) is 0. The number of hydrogen-bond acceptors (Lipinski definition) is 6. The Morgan fingerprint density at radius 3 is 2.36 bits per heavy atom. The molecule has 0 spiro atoms. The van der Waals surface area contributed by atoms with Crippen LogP contribution < -0.4 is 4.74 Å². The van der Waals surface area contributed by atoms with Crippen LogP contribution in [0.2, 0.25) is 0 Å². The average Bonchev–Trinajstić information content (AvgIpc) is 3.10. The lowest BCUT2D eigenvalue weighted by Gasteiger charge is -2.15. The second-order valence-corrected chi connectivity index (χ2v) is 7.06. The molecule has 25 heavy (non-hydrogen) atoms. The molecule has 0 radical (unpaired) electrons. The highest BCUT2D eigenvalue weighted by Crippen LogP contribution is 2.25. The number of aromatic nitrogens is 1. The molecule has 0 saturated carbocycles. The van der Waals surface area contributed by atoms with E-state index in [-0.39, 0.29) is 21.9 Å². The van der Waals surface area contributed by atoms with Crippen molar-refractivity contribution in [3.63, 3.8) is 0 Å². The Labute approximate surface area is 145 Å². The quantitative estimate of drug-likeness (QED) is 0.739. The Morgan fingerprint density at radius 2 is 1.80 bits per heavy atom. The molecule has 0 aliphatic heterocycles. The Kier molecular flexibility index (Phi) is 5.17. The Balaban J connectivity index is 2.62. The van der Waals surface area contributed by atoms with Crippen LogP contribution in [-0.4, -0.2) is 57.5 Å². The first-order valence-electron chi connectivity index (χ1n) is 7.15. The number of rotatable bonds is 5.